The molecule has 148 valence electrons. The largest absolute Gasteiger partial charge is 0.508 e. The summed E-state index contributed by atoms with van der Waals surface area (Å²) >= 11 is 3.46. The van der Waals surface area contributed by atoms with E-state index in [2.05, 4.69) is 37.7 Å². The predicted molar refractivity (Wildman–Crippen MR) is 118 cm³/mol. The minimum Gasteiger partial charge on any atom is -0.508 e. The van der Waals surface area contributed by atoms with Gasteiger partial charge in [0.2, 0.25) is 0 Å². The number of nitrogens with one attached hydrogen (secondary N) is 1. The first-order valence-corrected chi connectivity index (χ1v) is 11.1. The van der Waals surface area contributed by atoms with Crippen molar-refractivity contribution in [1.82, 2.24) is 14.9 Å². The van der Waals surface area contributed by atoms with Crippen LogP contribution in [0.25, 0.3) is 20.0 Å². The van der Waals surface area contributed by atoms with Gasteiger partial charge in [-0.1, -0.05) is 6.07 Å². The molecule has 0 unspecified atom stereocenters. The van der Waals surface area contributed by atoms with Crippen LogP contribution in [0.5, 0.6) is 5.75 Å². The standard InChI is InChI=1S/C21H20N4O2S2/c26-16-3-1-2-15(9-16)24-21-20-17(22-13-23-21)10-19(29-20)18-8-14(12-28-18)11-25-4-6-27-7-5-25/h1-3,8-10,12-13,26H,4-7,11H2,(H,22,23,24). The number of hydrogen-bond acceptors (Lipinski definition) is 8. The number of hydrogen-bond donors (Lipinski definition) is 2. The van der Waals surface area contributed by atoms with Crippen LogP contribution >= 0.6 is 22.7 Å². The Balaban J connectivity index is 1.40. The van der Waals surface area contributed by atoms with Crippen molar-refractivity contribution in [3.05, 3.63) is 53.7 Å². The van der Waals surface area contributed by atoms with E-state index in [-0.39, 0.29) is 5.75 Å². The maximum atomic E-state index is 9.70. The number of rotatable bonds is 5. The first-order chi connectivity index (χ1) is 14.2. The summed E-state index contributed by atoms with van der Waals surface area (Å²) in [5.41, 5.74) is 3.06. The highest BCUT2D eigenvalue weighted by molar-refractivity contribution is 7.26. The second kappa shape index (κ2) is 8.08. The van der Waals surface area contributed by atoms with Gasteiger partial charge in [0.25, 0.3) is 0 Å². The Morgan fingerprint density at radius 3 is 2.86 bits per heavy atom. The van der Waals surface area contributed by atoms with Crippen molar-refractivity contribution in [2.75, 3.05) is 31.6 Å². The molecule has 0 bridgehead atoms. The average Bonchev–Trinajstić information content (AvgIpc) is 3.36. The summed E-state index contributed by atoms with van der Waals surface area (Å²) in [6.45, 7) is 4.60. The minimum atomic E-state index is 0.221. The van der Waals surface area contributed by atoms with Crippen molar-refractivity contribution >= 4 is 44.4 Å². The summed E-state index contributed by atoms with van der Waals surface area (Å²) in [4.78, 5) is 13.7. The molecular weight excluding hydrogens is 404 g/mol. The quantitative estimate of drug-likeness (QED) is 0.484. The molecule has 1 aliphatic heterocycles. The van der Waals surface area contributed by atoms with E-state index in [0.29, 0.717) is 0 Å². The number of aromatic hydroxyl groups is 1. The number of anilines is 2. The summed E-state index contributed by atoms with van der Waals surface area (Å²) in [7, 11) is 0. The second-order valence-electron chi connectivity index (χ2n) is 6.93. The molecule has 0 amide bonds. The molecule has 4 heterocycles. The lowest BCUT2D eigenvalue weighted by Gasteiger charge is -2.26. The van der Waals surface area contributed by atoms with Crippen molar-refractivity contribution in [3.63, 3.8) is 0 Å². The fourth-order valence-corrected chi connectivity index (χ4v) is 5.44. The molecule has 6 nitrogen and oxygen atoms in total. The Morgan fingerprint density at radius 2 is 2.00 bits per heavy atom. The number of thiophene rings is 2. The van der Waals surface area contributed by atoms with E-state index >= 15 is 0 Å². The molecule has 0 saturated carbocycles. The van der Waals surface area contributed by atoms with Crippen molar-refractivity contribution in [3.8, 4) is 15.5 Å². The van der Waals surface area contributed by atoms with Crippen molar-refractivity contribution < 1.29 is 9.84 Å². The van der Waals surface area contributed by atoms with Crippen molar-refractivity contribution in [2.24, 2.45) is 0 Å². The van der Waals surface area contributed by atoms with Crippen LogP contribution in [0.15, 0.2) is 48.1 Å². The third kappa shape index (κ3) is 4.11. The fourth-order valence-electron chi connectivity index (χ4n) is 3.39. The lowest BCUT2D eigenvalue weighted by molar-refractivity contribution is 0.0342. The van der Waals surface area contributed by atoms with Gasteiger partial charge in [0.1, 0.15) is 12.1 Å². The van der Waals surface area contributed by atoms with Gasteiger partial charge in [-0.25, -0.2) is 9.97 Å². The first-order valence-electron chi connectivity index (χ1n) is 9.43. The Hall–Kier alpha value is -2.52. The normalized spacial score (nSPS) is 15.0. The summed E-state index contributed by atoms with van der Waals surface area (Å²) in [5.74, 6) is 0.973. The monoisotopic (exact) mass is 424 g/mol. The van der Waals surface area contributed by atoms with Gasteiger partial charge >= 0.3 is 0 Å². The minimum absolute atomic E-state index is 0.221. The van der Waals surface area contributed by atoms with Crippen LogP contribution in [-0.4, -0.2) is 46.3 Å². The number of morpholine rings is 1. The lowest BCUT2D eigenvalue weighted by atomic mass is 10.2. The van der Waals surface area contributed by atoms with E-state index in [9.17, 15) is 5.11 Å². The molecule has 2 N–H and O–H groups in total. The zero-order valence-electron chi connectivity index (χ0n) is 15.7. The van der Waals surface area contributed by atoms with Gasteiger partial charge in [-0.15, -0.1) is 22.7 Å². The van der Waals surface area contributed by atoms with E-state index in [1.54, 1.807) is 47.2 Å². The molecule has 0 aliphatic carbocycles. The number of benzene rings is 1. The topological polar surface area (TPSA) is 70.5 Å². The molecule has 3 aromatic heterocycles. The highest BCUT2D eigenvalue weighted by Crippen LogP contribution is 2.39. The second-order valence-corrected chi connectivity index (χ2v) is 8.89. The van der Waals surface area contributed by atoms with Crippen LogP contribution in [0.4, 0.5) is 11.5 Å². The molecule has 29 heavy (non-hydrogen) atoms. The molecule has 1 saturated heterocycles. The first kappa shape index (κ1) is 18.5. The number of phenols is 1. The summed E-state index contributed by atoms with van der Waals surface area (Å²) in [6, 6.07) is 11.4. The highest BCUT2D eigenvalue weighted by atomic mass is 32.1. The number of fused-ring (bicyclic) bond motifs is 1. The SMILES string of the molecule is Oc1cccc(Nc2ncnc3cc(-c4cc(CN5CCOCC5)cs4)sc23)c1. The zero-order valence-corrected chi connectivity index (χ0v) is 17.3. The third-order valence-corrected chi connectivity index (χ3v) is 7.13. The van der Waals surface area contributed by atoms with E-state index in [4.69, 9.17) is 4.74 Å². The lowest BCUT2D eigenvalue weighted by Crippen LogP contribution is -2.35. The average molecular weight is 425 g/mol. The smallest absolute Gasteiger partial charge is 0.151 e. The number of ether oxygens (including phenoxy) is 1. The van der Waals surface area contributed by atoms with Crippen LogP contribution in [0.3, 0.4) is 0 Å². The molecule has 5 rings (SSSR count). The molecule has 1 aliphatic rings. The van der Waals surface area contributed by atoms with Gasteiger partial charge in [0.15, 0.2) is 5.82 Å². The Labute approximate surface area is 176 Å². The van der Waals surface area contributed by atoms with Crippen LogP contribution < -0.4 is 5.32 Å². The molecule has 0 radical (unpaired) electrons. The Kier molecular flexibility index (Phi) is 5.15. The maximum absolute atomic E-state index is 9.70. The highest BCUT2D eigenvalue weighted by Gasteiger charge is 2.15. The Bertz CT molecular complexity index is 1130. The fraction of sp³-hybridized carbons (Fsp3) is 0.238. The number of phenolic OH excluding ortho intramolecular Hbond substituents is 1. The molecule has 8 heteroatoms. The van der Waals surface area contributed by atoms with Crippen molar-refractivity contribution in [2.45, 2.75) is 6.54 Å². The van der Waals surface area contributed by atoms with Gasteiger partial charge in [-0.3, -0.25) is 4.90 Å². The van der Waals surface area contributed by atoms with Crippen LogP contribution in [0.1, 0.15) is 5.56 Å². The third-order valence-electron chi connectivity index (χ3n) is 4.83. The van der Waals surface area contributed by atoms with E-state index < -0.39 is 0 Å². The van der Waals surface area contributed by atoms with Crippen LogP contribution in [-0.2, 0) is 11.3 Å². The number of nitrogens with zero attached hydrogens (tertiary/aromatic N) is 3. The maximum Gasteiger partial charge on any atom is 0.151 e. The van der Waals surface area contributed by atoms with E-state index in [1.165, 1.54) is 15.3 Å². The van der Waals surface area contributed by atoms with Crippen LogP contribution in [0, 0.1) is 0 Å². The molecule has 1 fully saturated rings. The summed E-state index contributed by atoms with van der Waals surface area (Å²) < 4.78 is 6.44. The van der Waals surface area contributed by atoms with Gasteiger partial charge < -0.3 is 15.2 Å². The van der Waals surface area contributed by atoms with Crippen molar-refractivity contribution in [1.29, 1.82) is 0 Å². The van der Waals surface area contributed by atoms with Crippen LogP contribution in [0.2, 0.25) is 0 Å². The number of aromatic nitrogens is 2. The zero-order chi connectivity index (χ0) is 19.6. The molecule has 1 aromatic carbocycles. The Morgan fingerprint density at radius 1 is 1.10 bits per heavy atom. The predicted octanol–water partition coefficient (Wildman–Crippen LogP) is 4.70. The van der Waals surface area contributed by atoms with E-state index in [0.717, 1.165) is 54.6 Å². The van der Waals surface area contributed by atoms with E-state index in [1.807, 2.05) is 6.07 Å². The van der Waals surface area contributed by atoms with Gasteiger partial charge in [-0.2, -0.15) is 0 Å². The van der Waals surface area contributed by atoms with Gasteiger partial charge in [0.05, 0.1) is 23.4 Å². The van der Waals surface area contributed by atoms with Gasteiger partial charge in [-0.05, 0) is 35.2 Å². The summed E-state index contributed by atoms with van der Waals surface area (Å²) in [5, 5.41) is 15.2. The molecule has 0 atom stereocenters. The molecule has 4 aromatic rings. The summed E-state index contributed by atoms with van der Waals surface area (Å²) in [6.07, 6.45) is 1.57. The molecule has 0 spiro atoms. The molecular formula is C21H20N4O2S2. The van der Waals surface area contributed by atoms with Gasteiger partial charge in [0, 0.05) is 41.1 Å².